The third-order valence-corrected chi connectivity index (χ3v) is 3.04. The molecule has 2 N–H and O–H groups in total. The highest BCUT2D eigenvalue weighted by Crippen LogP contribution is 2.30. The standard InChI is InChI=1S/C17H16N2O2/c1-20-16-7-6-13(10-17(16)21-2)14(11-18)8-12-4-3-5-15(19)9-12/h3-10H,19H2,1-2H3/b14-8+. The van der Waals surface area contributed by atoms with Crippen LogP contribution in [0, 0.1) is 11.3 Å². The molecule has 2 rings (SSSR count). The van der Waals surface area contributed by atoms with Crippen molar-refractivity contribution in [2.75, 3.05) is 20.0 Å². The van der Waals surface area contributed by atoms with Gasteiger partial charge in [0.1, 0.15) is 0 Å². The molecule has 2 aromatic carbocycles. The third kappa shape index (κ3) is 3.34. The molecule has 0 saturated heterocycles. The molecule has 0 aromatic heterocycles. The summed E-state index contributed by atoms with van der Waals surface area (Å²) in [5.41, 5.74) is 8.58. The van der Waals surface area contributed by atoms with E-state index in [1.807, 2.05) is 24.3 Å². The van der Waals surface area contributed by atoms with E-state index in [-0.39, 0.29) is 0 Å². The number of methoxy groups -OCH3 is 2. The number of nitrogens with zero attached hydrogens (tertiary/aromatic N) is 1. The van der Waals surface area contributed by atoms with Crippen molar-refractivity contribution >= 4 is 17.3 Å². The smallest absolute Gasteiger partial charge is 0.161 e. The van der Waals surface area contributed by atoms with E-state index < -0.39 is 0 Å². The molecule has 4 nitrogen and oxygen atoms in total. The Labute approximate surface area is 124 Å². The number of allylic oxidation sites excluding steroid dienone is 1. The Morgan fingerprint density at radius 1 is 1.10 bits per heavy atom. The van der Waals surface area contributed by atoms with Crippen LogP contribution in [0.2, 0.25) is 0 Å². The van der Waals surface area contributed by atoms with Gasteiger partial charge in [0.05, 0.1) is 25.9 Å². The average Bonchev–Trinajstić information content (AvgIpc) is 2.52. The van der Waals surface area contributed by atoms with Crippen LogP contribution in [0.4, 0.5) is 5.69 Å². The molecule has 0 atom stereocenters. The largest absolute Gasteiger partial charge is 0.493 e. The van der Waals surface area contributed by atoms with Crippen molar-refractivity contribution in [2.45, 2.75) is 0 Å². The van der Waals surface area contributed by atoms with Crippen molar-refractivity contribution in [2.24, 2.45) is 0 Å². The van der Waals surface area contributed by atoms with Crippen LogP contribution in [0.25, 0.3) is 11.6 Å². The molecule has 0 fully saturated rings. The molecule has 106 valence electrons. The van der Waals surface area contributed by atoms with Crippen molar-refractivity contribution in [3.8, 4) is 17.6 Å². The van der Waals surface area contributed by atoms with Crippen LogP contribution in [0.15, 0.2) is 42.5 Å². The second kappa shape index (κ2) is 6.49. The van der Waals surface area contributed by atoms with Gasteiger partial charge in [0.15, 0.2) is 11.5 Å². The molecule has 4 heteroatoms. The van der Waals surface area contributed by atoms with E-state index in [1.54, 1.807) is 38.5 Å². The number of benzene rings is 2. The topological polar surface area (TPSA) is 68.3 Å². The molecule has 0 bridgehead atoms. The second-order valence-electron chi connectivity index (χ2n) is 4.41. The first-order chi connectivity index (χ1) is 10.2. The van der Waals surface area contributed by atoms with Crippen LogP contribution < -0.4 is 15.2 Å². The number of nitriles is 1. The molecular formula is C17H16N2O2. The molecule has 0 radical (unpaired) electrons. The Balaban J connectivity index is 2.45. The van der Waals surface area contributed by atoms with Gasteiger partial charge in [-0.1, -0.05) is 12.1 Å². The lowest BCUT2D eigenvalue weighted by Gasteiger charge is -2.09. The Hall–Kier alpha value is -2.93. The summed E-state index contributed by atoms with van der Waals surface area (Å²) in [4.78, 5) is 0. The van der Waals surface area contributed by atoms with Gasteiger partial charge in [-0.25, -0.2) is 0 Å². The predicted octanol–water partition coefficient (Wildman–Crippen LogP) is 3.35. The molecule has 0 heterocycles. The van der Waals surface area contributed by atoms with Gasteiger partial charge < -0.3 is 15.2 Å². The zero-order valence-electron chi connectivity index (χ0n) is 12.0. The molecule has 0 unspecified atom stereocenters. The van der Waals surface area contributed by atoms with Crippen LogP contribution in [0.1, 0.15) is 11.1 Å². The number of ether oxygens (including phenoxy) is 2. The number of hydrogen-bond donors (Lipinski definition) is 1. The fraction of sp³-hybridized carbons (Fsp3) is 0.118. The Morgan fingerprint density at radius 2 is 1.86 bits per heavy atom. The van der Waals surface area contributed by atoms with Crippen molar-refractivity contribution in [3.63, 3.8) is 0 Å². The summed E-state index contributed by atoms with van der Waals surface area (Å²) in [5, 5.41) is 9.38. The van der Waals surface area contributed by atoms with Crippen LogP contribution >= 0.6 is 0 Å². The van der Waals surface area contributed by atoms with Gasteiger partial charge in [-0.2, -0.15) is 5.26 Å². The summed E-state index contributed by atoms with van der Waals surface area (Å²) in [5.74, 6) is 1.21. The van der Waals surface area contributed by atoms with Crippen LogP contribution in [-0.2, 0) is 0 Å². The summed E-state index contributed by atoms with van der Waals surface area (Å²) >= 11 is 0. The number of nitrogen functional groups attached to an aromatic ring is 1. The first kappa shape index (κ1) is 14.5. The van der Waals surface area contributed by atoms with Crippen molar-refractivity contribution < 1.29 is 9.47 Å². The fourth-order valence-corrected chi connectivity index (χ4v) is 2.00. The van der Waals surface area contributed by atoms with Gasteiger partial charge in [-0.15, -0.1) is 0 Å². The van der Waals surface area contributed by atoms with Gasteiger partial charge >= 0.3 is 0 Å². The minimum absolute atomic E-state index is 0.529. The minimum atomic E-state index is 0.529. The molecule has 0 spiro atoms. The summed E-state index contributed by atoms with van der Waals surface area (Å²) in [6.07, 6.45) is 1.79. The third-order valence-electron chi connectivity index (χ3n) is 3.04. The van der Waals surface area contributed by atoms with Crippen LogP contribution in [0.3, 0.4) is 0 Å². The molecule has 0 saturated carbocycles. The number of nitrogens with two attached hydrogens (primary N) is 1. The summed E-state index contributed by atoms with van der Waals surface area (Å²) in [6.45, 7) is 0. The maximum absolute atomic E-state index is 9.38. The van der Waals surface area contributed by atoms with Gasteiger partial charge in [0, 0.05) is 5.69 Å². The van der Waals surface area contributed by atoms with E-state index >= 15 is 0 Å². The van der Waals surface area contributed by atoms with E-state index in [1.165, 1.54) is 0 Å². The van der Waals surface area contributed by atoms with Gasteiger partial charge in [0.25, 0.3) is 0 Å². The van der Waals surface area contributed by atoms with E-state index in [0.717, 1.165) is 11.1 Å². The summed E-state index contributed by atoms with van der Waals surface area (Å²) < 4.78 is 10.5. The molecule has 0 aliphatic rings. The quantitative estimate of drug-likeness (QED) is 0.530. The van der Waals surface area contributed by atoms with Crippen molar-refractivity contribution in [3.05, 3.63) is 53.6 Å². The first-order valence-corrected chi connectivity index (χ1v) is 6.37. The maximum Gasteiger partial charge on any atom is 0.161 e. The lowest BCUT2D eigenvalue weighted by molar-refractivity contribution is 0.355. The monoisotopic (exact) mass is 280 g/mol. The zero-order valence-corrected chi connectivity index (χ0v) is 12.0. The summed E-state index contributed by atoms with van der Waals surface area (Å²) in [6, 6.07) is 14.9. The Bertz CT molecular complexity index is 715. The summed E-state index contributed by atoms with van der Waals surface area (Å²) in [7, 11) is 3.14. The normalized spacial score (nSPS) is 10.8. The van der Waals surface area contributed by atoms with E-state index in [2.05, 4.69) is 6.07 Å². The maximum atomic E-state index is 9.38. The van der Waals surface area contributed by atoms with Gasteiger partial charge in [0.2, 0.25) is 0 Å². The number of rotatable bonds is 4. The Kier molecular flexibility index (Phi) is 4.47. The van der Waals surface area contributed by atoms with Gasteiger partial charge in [-0.05, 0) is 47.5 Å². The highest BCUT2D eigenvalue weighted by atomic mass is 16.5. The molecule has 0 aliphatic heterocycles. The van der Waals surface area contributed by atoms with Gasteiger partial charge in [-0.3, -0.25) is 0 Å². The molecule has 2 aromatic rings. The van der Waals surface area contributed by atoms with E-state index in [0.29, 0.717) is 22.8 Å². The molecular weight excluding hydrogens is 264 g/mol. The molecule has 21 heavy (non-hydrogen) atoms. The average molecular weight is 280 g/mol. The lowest BCUT2D eigenvalue weighted by atomic mass is 10.0. The zero-order chi connectivity index (χ0) is 15.2. The first-order valence-electron chi connectivity index (χ1n) is 6.37. The lowest BCUT2D eigenvalue weighted by Crippen LogP contribution is -1.92. The highest BCUT2D eigenvalue weighted by Gasteiger charge is 2.08. The predicted molar refractivity (Wildman–Crippen MR) is 83.9 cm³/mol. The van der Waals surface area contributed by atoms with E-state index in [9.17, 15) is 5.26 Å². The van der Waals surface area contributed by atoms with E-state index in [4.69, 9.17) is 15.2 Å². The number of hydrogen-bond acceptors (Lipinski definition) is 4. The molecule has 0 amide bonds. The van der Waals surface area contributed by atoms with Crippen molar-refractivity contribution in [1.82, 2.24) is 0 Å². The number of anilines is 1. The SMILES string of the molecule is COc1ccc(/C(C#N)=C/c2cccc(N)c2)cc1OC. The fourth-order valence-electron chi connectivity index (χ4n) is 2.00. The highest BCUT2D eigenvalue weighted by molar-refractivity contribution is 5.90. The van der Waals surface area contributed by atoms with Crippen molar-refractivity contribution in [1.29, 1.82) is 5.26 Å². The second-order valence-corrected chi connectivity index (χ2v) is 4.41. The van der Waals surface area contributed by atoms with Crippen LogP contribution in [-0.4, -0.2) is 14.2 Å². The Morgan fingerprint density at radius 3 is 2.48 bits per heavy atom. The van der Waals surface area contributed by atoms with Crippen LogP contribution in [0.5, 0.6) is 11.5 Å². The minimum Gasteiger partial charge on any atom is -0.493 e. The molecule has 0 aliphatic carbocycles.